The van der Waals surface area contributed by atoms with Crippen LogP contribution in [-0.2, 0) is 0 Å². The molecule has 1 aromatic heterocycles. The van der Waals surface area contributed by atoms with Gasteiger partial charge in [0.1, 0.15) is 11.5 Å². The van der Waals surface area contributed by atoms with Gasteiger partial charge in [-0.3, -0.25) is 9.78 Å². The van der Waals surface area contributed by atoms with E-state index in [0.29, 0.717) is 28.9 Å². The Hall–Kier alpha value is -2.36. The molecule has 1 aromatic carbocycles. The molecule has 1 saturated heterocycles. The van der Waals surface area contributed by atoms with Crippen LogP contribution in [0.3, 0.4) is 0 Å². The number of likely N-dealkylation sites (tertiary alicyclic amines) is 1. The van der Waals surface area contributed by atoms with Crippen LogP contribution in [0.15, 0.2) is 48.8 Å². The summed E-state index contributed by atoms with van der Waals surface area (Å²) in [6.07, 6.45) is 7.21. The number of rotatable bonds is 3. The van der Waals surface area contributed by atoms with Crippen molar-refractivity contribution < 1.29 is 9.53 Å². The van der Waals surface area contributed by atoms with Gasteiger partial charge in [0, 0.05) is 19.3 Å². The summed E-state index contributed by atoms with van der Waals surface area (Å²) in [6, 6.07) is 11.1. The second kappa shape index (κ2) is 6.03. The minimum atomic E-state index is 0.0823. The van der Waals surface area contributed by atoms with Gasteiger partial charge in [0.15, 0.2) is 0 Å². The van der Waals surface area contributed by atoms with E-state index in [2.05, 4.69) is 4.98 Å². The number of benzene rings is 1. The topological polar surface area (TPSA) is 42.4 Å². The van der Waals surface area contributed by atoms with Crippen LogP contribution in [0.2, 0.25) is 0 Å². The summed E-state index contributed by atoms with van der Waals surface area (Å²) in [6.45, 7) is 1.79. The molecule has 1 amide bonds. The molecule has 0 bridgehead atoms. The SMILES string of the molecule is O=C(c1ccccc1Oc1cccnc1)N1C[C@@H]2CCC[C@H]2C1. The summed E-state index contributed by atoms with van der Waals surface area (Å²) >= 11 is 0. The van der Waals surface area contributed by atoms with Crippen molar-refractivity contribution in [3.63, 3.8) is 0 Å². The fraction of sp³-hybridized carbons (Fsp3) is 0.368. The van der Waals surface area contributed by atoms with Gasteiger partial charge in [-0.05, 0) is 48.9 Å². The normalized spacial score (nSPS) is 22.9. The van der Waals surface area contributed by atoms with Crippen molar-refractivity contribution in [2.24, 2.45) is 11.8 Å². The number of fused-ring (bicyclic) bond motifs is 1. The Kier molecular flexibility index (Phi) is 3.74. The molecule has 0 N–H and O–H groups in total. The van der Waals surface area contributed by atoms with Gasteiger partial charge in [0.25, 0.3) is 5.91 Å². The molecule has 0 spiro atoms. The Labute approximate surface area is 136 Å². The van der Waals surface area contributed by atoms with E-state index < -0.39 is 0 Å². The summed E-state index contributed by atoms with van der Waals surface area (Å²) in [5.74, 6) is 2.73. The molecule has 23 heavy (non-hydrogen) atoms. The highest BCUT2D eigenvalue weighted by molar-refractivity contribution is 5.97. The average molecular weight is 308 g/mol. The molecule has 4 nitrogen and oxygen atoms in total. The first-order chi connectivity index (χ1) is 11.3. The Morgan fingerprint density at radius 1 is 1.09 bits per heavy atom. The molecule has 2 heterocycles. The maximum absolute atomic E-state index is 12.9. The lowest BCUT2D eigenvalue weighted by Crippen LogP contribution is -2.29. The van der Waals surface area contributed by atoms with Crippen molar-refractivity contribution in [3.8, 4) is 11.5 Å². The molecule has 118 valence electrons. The van der Waals surface area contributed by atoms with Gasteiger partial charge in [0.05, 0.1) is 11.8 Å². The number of carbonyl (C=O) groups is 1. The van der Waals surface area contributed by atoms with Gasteiger partial charge in [-0.2, -0.15) is 0 Å². The Morgan fingerprint density at radius 3 is 2.61 bits per heavy atom. The molecule has 2 atom stereocenters. The predicted molar refractivity (Wildman–Crippen MR) is 87.5 cm³/mol. The predicted octanol–water partition coefficient (Wildman–Crippen LogP) is 3.75. The van der Waals surface area contributed by atoms with Crippen LogP contribution >= 0.6 is 0 Å². The zero-order chi connectivity index (χ0) is 15.6. The summed E-state index contributed by atoms with van der Waals surface area (Å²) < 4.78 is 5.87. The van der Waals surface area contributed by atoms with Crippen molar-refractivity contribution in [1.29, 1.82) is 0 Å². The summed E-state index contributed by atoms with van der Waals surface area (Å²) in [5, 5.41) is 0. The molecule has 2 aromatic rings. The van der Waals surface area contributed by atoms with E-state index in [4.69, 9.17) is 4.74 Å². The minimum absolute atomic E-state index is 0.0823. The van der Waals surface area contributed by atoms with Gasteiger partial charge >= 0.3 is 0 Å². The Bertz CT molecular complexity index is 690. The molecular weight excluding hydrogens is 288 g/mol. The number of pyridine rings is 1. The summed E-state index contributed by atoms with van der Waals surface area (Å²) in [5.41, 5.74) is 0.635. The number of aromatic nitrogens is 1. The van der Waals surface area contributed by atoms with E-state index in [1.807, 2.05) is 41.3 Å². The van der Waals surface area contributed by atoms with Crippen LogP contribution in [0.1, 0.15) is 29.6 Å². The number of nitrogens with zero attached hydrogens (tertiary/aromatic N) is 2. The molecule has 0 radical (unpaired) electrons. The number of hydrogen-bond donors (Lipinski definition) is 0. The van der Waals surface area contributed by atoms with Crippen LogP contribution in [-0.4, -0.2) is 28.9 Å². The summed E-state index contributed by atoms with van der Waals surface area (Å²) in [7, 11) is 0. The molecule has 4 heteroatoms. The van der Waals surface area contributed by atoms with E-state index in [9.17, 15) is 4.79 Å². The van der Waals surface area contributed by atoms with Crippen molar-refractivity contribution in [1.82, 2.24) is 9.88 Å². The maximum Gasteiger partial charge on any atom is 0.257 e. The van der Waals surface area contributed by atoms with Crippen molar-refractivity contribution in [2.45, 2.75) is 19.3 Å². The molecule has 0 unspecified atom stereocenters. The zero-order valence-corrected chi connectivity index (χ0v) is 13.0. The first kappa shape index (κ1) is 14.2. The first-order valence-corrected chi connectivity index (χ1v) is 8.27. The van der Waals surface area contributed by atoms with Crippen LogP contribution in [0, 0.1) is 11.8 Å². The third-order valence-electron chi connectivity index (χ3n) is 4.99. The fourth-order valence-corrected chi connectivity index (χ4v) is 3.84. The Balaban J connectivity index is 1.55. The van der Waals surface area contributed by atoms with Crippen LogP contribution in [0.25, 0.3) is 0 Å². The number of hydrogen-bond acceptors (Lipinski definition) is 3. The molecule has 4 rings (SSSR count). The number of ether oxygens (including phenoxy) is 1. The molecule has 2 aliphatic rings. The lowest BCUT2D eigenvalue weighted by molar-refractivity contribution is 0.0778. The fourth-order valence-electron chi connectivity index (χ4n) is 3.84. The van der Waals surface area contributed by atoms with E-state index in [1.54, 1.807) is 12.4 Å². The van der Waals surface area contributed by atoms with Crippen LogP contribution in [0.5, 0.6) is 11.5 Å². The third kappa shape index (κ3) is 2.81. The van der Waals surface area contributed by atoms with Gasteiger partial charge in [0.2, 0.25) is 0 Å². The highest BCUT2D eigenvalue weighted by Gasteiger charge is 2.38. The monoisotopic (exact) mass is 308 g/mol. The van der Waals surface area contributed by atoms with Crippen molar-refractivity contribution >= 4 is 5.91 Å². The maximum atomic E-state index is 12.9. The van der Waals surface area contributed by atoms with Gasteiger partial charge in [-0.15, -0.1) is 0 Å². The van der Waals surface area contributed by atoms with Gasteiger partial charge < -0.3 is 9.64 Å². The van der Waals surface area contributed by atoms with Crippen molar-refractivity contribution in [3.05, 3.63) is 54.4 Å². The lowest BCUT2D eigenvalue weighted by Gasteiger charge is -2.19. The minimum Gasteiger partial charge on any atom is -0.455 e. The van der Waals surface area contributed by atoms with Crippen LogP contribution < -0.4 is 4.74 Å². The quantitative estimate of drug-likeness (QED) is 0.867. The van der Waals surface area contributed by atoms with E-state index in [1.165, 1.54) is 19.3 Å². The largest absolute Gasteiger partial charge is 0.455 e. The van der Waals surface area contributed by atoms with Crippen molar-refractivity contribution in [2.75, 3.05) is 13.1 Å². The first-order valence-electron chi connectivity index (χ1n) is 8.27. The van der Waals surface area contributed by atoms with E-state index >= 15 is 0 Å². The highest BCUT2D eigenvalue weighted by Crippen LogP contribution is 2.38. The highest BCUT2D eigenvalue weighted by atomic mass is 16.5. The molecule has 2 fully saturated rings. The second-order valence-electron chi connectivity index (χ2n) is 6.45. The third-order valence-corrected chi connectivity index (χ3v) is 4.99. The van der Waals surface area contributed by atoms with Crippen LogP contribution in [0.4, 0.5) is 0 Å². The number of amides is 1. The smallest absolute Gasteiger partial charge is 0.257 e. The lowest BCUT2D eigenvalue weighted by atomic mass is 10.0. The van der Waals surface area contributed by atoms with E-state index in [-0.39, 0.29) is 5.91 Å². The zero-order valence-electron chi connectivity index (χ0n) is 13.0. The molecule has 1 aliphatic heterocycles. The van der Waals surface area contributed by atoms with Gasteiger partial charge in [-0.1, -0.05) is 18.6 Å². The average Bonchev–Trinajstić information content (AvgIpc) is 3.17. The second-order valence-corrected chi connectivity index (χ2v) is 6.45. The Morgan fingerprint density at radius 2 is 1.87 bits per heavy atom. The standard InChI is InChI=1S/C19H20N2O2/c22-19(21-12-14-5-3-6-15(14)13-21)17-8-1-2-9-18(17)23-16-7-4-10-20-11-16/h1-2,4,7-11,14-15H,3,5-6,12-13H2/t14-,15-/m0/s1. The number of para-hydroxylation sites is 1. The van der Waals surface area contributed by atoms with E-state index in [0.717, 1.165) is 13.1 Å². The summed E-state index contributed by atoms with van der Waals surface area (Å²) in [4.78, 5) is 19.0. The molecular formula is C19H20N2O2. The number of carbonyl (C=O) groups excluding carboxylic acids is 1. The molecule has 1 saturated carbocycles. The molecule has 1 aliphatic carbocycles. The van der Waals surface area contributed by atoms with Gasteiger partial charge in [-0.25, -0.2) is 0 Å².